The maximum atomic E-state index is 5.81. The summed E-state index contributed by atoms with van der Waals surface area (Å²) in [5.74, 6) is 7.42. The number of aryl methyl sites for hydroxylation is 2. The zero-order chi connectivity index (χ0) is 13.1. The molecule has 1 heterocycles. The molecule has 0 aliphatic heterocycles. The molecule has 1 aromatic rings. The molecular formula is C14H25N3S. The van der Waals surface area contributed by atoms with Gasteiger partial charge in [-0.25, -0.2) is 4.98 Å². The van der Waals surface area contributed by atoms with Gasteiger partial charge >= 0.3 is 0 Å². The normalized spacial score (nSPS) is 26.2. The van der Waals surface area contributed by atoms with Gasteiger partial charge in [0.15, 0.2) is 0 Å². The van der Waals surface area contributed by atoms with Crippen molar-refractivity contribution in [1.29, 1.82) is 0 Å². The Bertz CT molecular complexity index is 380. The summed E-state index contributed by atoms with van der Waals surface area (Å²) >= 11 is 1.79. The summed E-state index contributed by atoms with van der Waals surface area (Å²) in [7, 11) is 0. The second kappa shape index (κ2) is 6.13. The molecular weight excluding hydrogens is 242 g/mol. The van der Waals surface area contributed by atoms with Crippen molar-refractivity contribution in [3.8, 4) is 0 Å². The Morgan fingerprint density at radius 2 is 2.00 bits per heavy atom. The summed E-state index contributed by atoms with van der Waals surface area (Å²) in [5, 5.41) is 1.14. The first-order valence-corrected chi connectivity index (χ1v) is 7.87. The Hall–Kier alpha value is -0.450. The van der Waals surface area contributed by atoms with Crippen molar-refractivity contribution in [3.05, 3.63) is 15.6 Å². The van der Waals surface area contributed by atoms with Gasteiger partial charge in [0.05, 0.1) is 16.7 Å². The minimum absolute atomic E-state index is 0.300. The highest BCUT2D eigenvalue weighted by Gasteiger charge is 2.29. The molecule has 1 aromatic heterocycles. The number of hydrazine groups is 1. The fourth-order valence-electron chi connectivity index (χ4n) is 3.19. The Balaban J connectivity index is 2.08. The van der Waals surface area contributed by atoms with Gasteiger partial charge in [0.2, 0.25) is 0 Å². The van der Waals surface area contributed by atoms with Gasteiger partial charge in [-0.3, -0.25) is 11.3 Å². The van der Waals surface area contributed by atoms with E-state index in [1.165, 1.54) is 37.0 Å². The molecule has 0 radical (unpaired) electrons. The summed E-state index contributed by atoms with van der Waals surface area (Å²) < 4.78 is 0. The van der Waals surface area contributed by atoms with Gasteiger partial charge in [-0.1, -0.05) is 26.2 Å². The lowest BCUT2D eigenvalue weighted by Gasteiger charge is -2.33. The van der Waals surface area contributed by atoms with Crippen molar-refractivity contribution in [2.24, 2.45) is 17.7 Å². The molecule has 0 saturated heterocycles. The maximum Gasteiger partial charge on any atom is 0.0900 e. The fourth-order valence-corrected chi connectivity index (χ4v) is 4.27. The van der Waals surface area contributed by atoms with E-state index < -0.39 is 0 Å². The molecule has 1 aliphatic rings. The Kier molecular flexibility index (Phi) is 4.76. The molecule has 3 nitrogen and oxygen atoms in total. The van der Waals surface area contributed by atoms with Crippen LogP contribution in [0.25, 0.3) is 0 Å². The standard InChI is InChI=1S/C14H25N3S/c1-4-11-5-7-12(8-6-11)13(17-15)14-9(2)16-10(3)18-14/h11-13,17H,4-8,15H2,1-3H3. The largest absolute Gasteiger partial charge is 0.271 e. The SMILES string of the molecule is CCC1CCC(C(NN)c2sc(C)nc2C)CC1. The number of nitrogens with zero attached hydrogens (tertiary/aromatic N) is 1. The van der Waals surface area contributed by atoms with Crippen LogP contribution in [-0.4, -0.2) is 4.98 Å². The molecule has 0 aromatic carbocycles. The minimum Gasteiger partial charge on any atom is -0.271 e. The highest BCUT2D eigenvalue weighted by atomic mass is 32.1. The molecule has 1 saturated carbocycles. The lowest BCUT2D eigenvalue weighted by atomic mass is 9.77. The van der Waals surface area contributed by atoms with E-state index in [4.69, 9.17) is 5.84 Å². The van der Waals surface area contributed by atoms with Crippen molar-refractivity contribution < 1.29 is 0 Å². The predicted molar refractivity (Wildman–Crippen MR) is 77.4 cm³/mol. The third kappa shape index (κ3) is 2.92. The third-order valence-electron chi connectivity index (χ3n) is 4.34. The maximum absolute atomic E-state index is 5.81. The summed E-state index contributed by atoms with van der Waals surface area (Å²) in [4.78, 5) is 5.87. The van der Waals surface area contributed by atoms with Crippen LogP contribution in [0.1, 0.15) is 60.6 Å². The highest BCUT2D eigenvalue weighted by Crippen LogP contribution is 2.39. The molecule has 1 fully saturated rings. The van der Waals surface area contributed by atoms with Crippen LogP contribution in [0.2, 0.25) is 0 Å². The van der Waals surface area contributed by atoms with Crippen LogP contribution in [0.15, 0.2) is 0 Å². The molecule has 3 N–H and O–H groups in total. The van der Waals surface area contributed by atoms with Crippen LogP contribution in [0.3, 0.4) is 0 Å². The monoisotopic (exact) mass is 267 g/mol. The average molecular weight is 267 g/mol. The number of hydrogen-bond donors (Lipinski definition) is 2. The summed E-state index contributed by atoms with van der Waals surface area (Å²) in [6.07, 6.45) is 6.63. The predicted octanol–water partition coefficient (Wildman–Crippen LogP) is 3.48. The van der Waals surface area contributed by atoms with Crippen LogP contribution in [0, 0.1) is 25.7 Å². The summed E-state index contributed by atoms with van der Waals surface area (Å²) in [5.41, 5.74) is 4.20. The summed E-state index contributed by atoms with van der Waals surface area (Å²) in [6, 6.07) is 0.300. The molecule has 18 heavy (non-hydrogen) atoms. The van der Waals surface area contributed by atoms with E-state index in [0.717, 1.165) is 16.6 Å². The fraction of sp³-hybridized carbons (Fsp3) is 0.786. The van der Waals surface area contributed by atoms with Gasteiger partial charge in [-0.05, 0) is 38.5 Å². The number of rotatable bonds is 4. The molecule has 1 aliphatic carbocycles. The van der Waals surface area contributed by atoms with Gasteiger partial charge in [-0.15, -0.1) is 11.3 Å². The van der Waals surface area contributed by atoms with Crippen molar-refractivity contribution in [3.63, 3.8) is 0 Å². The van der Waals surface area contributed by atoms with E-state index in [-0.39, 0.29) is 0 Å². The van der Waals surface area contributed by atoms with Crippen molar-refractivity contribution in [2.45, 2.75) is 58.9 Å². The van der Waals surface area contributed by atoms with Crippen molar-refractivity contribution >= 4 is 11.3 Å². The molecule has 1 unspecified atom stereocenters. The van der Waals surface area contributed by atoms with Crippen molar-refractivity contribution in [1.82, 2.24) is 10.4 Å². The van der Waals surface area contributed by atoms with E-state index in [1.54, 1.807) is 11.3 Å². The second-order valence-corrected chi connectivity index (χ2v) is 6.75. The molecule has 0 amide bonds. The molecule has 0 bridgehead atoms. The molecule has 1 atom stereocenters. The van der Waals surface area contributed by atoms with Gasteiger partial charge in [0.1, 0.15) is 0 Å². The lowest BCUT2D eigenvalue weighted by molar-refractivity contribution is 0.221. The first-order chi connectivity index (χ1) is 8.65. The van der Waals surface area contributed by atoms with Gasteiger partial charge in [0, 0.05) is 4.88 Å². The summed E-state index contributed by atoms with van der Waals surface area (Å²) in [6.45, 7) is 6.48. The third-order valence-corrected chi connectivity index (χ3v) is 5.50. The Morgan fingerprint density at radius 3 is 2.44 bits per heavy atom. The van der Waals surface area contributed by atoms with E-state index in [9.17, 15) is 0 Å². The number of nitrogens with two attached hydrogens (primary N) is 1. The Morgan fingerprint density at radius 1 is 1.33 bits per heavy atom. The van der Waals surface area contributed by atoms with Gasteiger partial charge in [-0.2, -0.15) is 0 Å². The van der Waals surface area contributed by atoms with E-state index in [1.807, 2.05) is 0 Å². The second-order valence-electron chi connectivity index (χ2n) is 5.52. The van der Waals surface area contributed by atoms with Crippen LogP contribution in [-0.2, 0) is 0 Å². The lowest BCUT2D eigenvalue weighted by Crippen LogP contribution is -2.35. The smallest absolute Gasteiger partial charge is 0.0900 e. The van der Waals surface area contributed by atoms with E-state index >= 15 is 0 Å². The number of hydrogen-bond acceptors (Lipinski definition) is 4. The van der Waals surface area contributed by atoms with Crippen molar-refractivity contribution in [2.75, 3.05) is 0 Å². The highest BCUT2D eigenvalue weighted by molar-refractivity contribution is 7.11. The first kappa shape index (κ1) is 14.0. The van der Waals surface area contributed by atoms with E-state index in [0.29, 0.717) is 12.0 Å². The van der Waals surface area contributed by atoms with Gasteiger partial charge in [0.25, 0.3) is 0 Å². The minimum atomic E-state index is 0.300. The van der Waals surface area contributed by atoms with Gasteiger partial charge < -0.3 is 0 Å². The Labute approximate surface area is 114 Å². The van der Waals surface area contributed by atoms with Crippen LogP contribution in [0.4, 0.5) is 0 Å². The topological polar surface area (TPSA) is 50.9 Å². The first-order valence-electron chi connectivity index (χ1n) is 7.05. The number of thiazole rings is 1. The molecule has 102 valence electrons. The quantitative estimate of drug-likeness (QED) is 0.648. The van der Waals surface area contributed by atoms with Crippen LogP contribution in [0.5, 0.6) is 0 Å². The molecule has 0 spiro atoms. The average Bonchev–Trinajstić information content (AvgIpc) is 2.70. The van der Waals surface area contributed by atoms with Crippen LogP contribution < -0.4 is 11.3 Å². The number of nitrogens with one attached hydrogen (secondary N) is 1. The zero-order valence-corrected chi connectivity index (χ0v) is 12.5. The molecule has 2 rings (SSSR count). The van der Waals surface area contributed by atoms with E-state index in [2.05, 4.69) is 31.2 Å². The zero-order valence-electron chi connectivity index (χ0n) is 11.7. The molecule has 4 heteroatoms. The number of aromatic nitrogens is 1. The van der Waals surface area contributed by atoms with Crippen LogP contribution >= 0.6 is 11.3 Å².